The second-order valence-electron chi connectivity index (χ2n) is 9.02. The predicted molar refractivity (Wildman–Crippen MR) is 134 cm³/mol. The Kier molecular flexibility index (Phi) is 11.3. The van der Waals surface area contributed by atoms with Gasteiger partial charge in [0.1, 0.15) is 6.04 Å². The molecule has 1 rings (SSSR count). The van der Waals surface area contributed by atoms with Crippen LogP contribution in [0.2, 0.25) is 0 Å². The number of allylic oxidation sites excluding steroid dienone is 4. The second kappa shape index (κ2) is 13.1. The third-order valence-corrected chi connectivity index (χ3v) is 5.36. The Morgan fingerprint density at radius 3 is 2.34 bits per heavy atom. The average molecular weight is 441 g/mol. The highest BCUT2D eigenvalue weighted by Crippen LogP contribution is 2.24. The summed E-state index contributed by atoms with van der Waals surface area (Å²) in [4.78, 5) is 28.6. The number of aryl methyl sites for hydroxylation is 1. The molecule has 176 valence electrons. The largest absolute Gasteiger partial charge is 0.480 e. The van der Waals surface area contributed by atoms with E-state index in [1.165, 1.54) is 0 Å². The van der Waals surface area contributed by atoms with E-state index in [1.807, 2.05) is 71.9 Å². The van der Waals surface area contributed by atoms with E-state index in [9.17, 15) is 14.7 Å². The van der Waals surface area contributed by atoms with E-state index in [2.05, 4.69) is 19.2 Å². The van der Waals surface area contributed by atoms with Crippen LogP contribution in [0.1, 0.15) is 72.4 Å². The minimum atomic E-state index is -0.826. The number of aliphatic imine (C=N–C) groups is 1. The molecule has 0 amide bonds. The van der Waals surface area contributed by atoms with Crippen LogP contribution in [0, 0.1) is 18.8 Å². The number of carbonyl (C=O) groups is 2. The number of nitrogens with one attached hydrogen (secondary N) is 1. The van der Waals surface area contributed by atoms with E-state index in [1.54, 1.807) is 0 Å². The van der Waals surface area contributed by atoms with Gasteiger partial charge in [0.2, 0.25) is 0 Å². The molecule has 0 aliphatic heterocycles. The quantitative estimate of drug-likeness (QED) is 0.231. The molecule has 5 heteroatoms. The van der Waals surface area contributed by atoms with Gasteiger partial charge in [-0.1, -0.05) is 52.8 Å². The summed E-state index contributed by atoms with van der Waals surface area (Å²) >= 11 is 0. The van der Waals surface area contributed by atoms with Crippen molar-refractivity contribution in [2.24, 2.45) is 16.8 Å². The van der Waals surface area contributed by atoms with Crippen molar-refractivity contribution in [3.05, 3.63) is 52.6 Å². The maximum atomic E-state index is 12.1. The molecule has 1 aromatic rings. The highest BCUT2D eigenvalue weighted by Gasteiger charge is 2.18. The number of rotatable bonds is 12. The summed E-state index contributed by atoms with van der Waals surface area (Å²) in [7, 11) is 0. The lowest BCUT2D eigenvalue weighted by Gasteiger charge is -2.17. The molecule has 0 aliphatic carbocycles. The van der Waals surface area contributed by atoms with Crippen molar-refractivity contribution in [1.29, 1.82) is 0 Å². The molecule has 1 atom stereocenters. The maximum Gasteiger partial charge on any atom is 0.320 e. The van der Waals surface area contributed by atoms with Gasteiger partial charge in [0, 0.05) is 13.0 Å². The van der Waals surface area contributed by atoms with E-state index in [4.69, 9.17) is 4.99 Å². The molecule has 2 N–H and O–H groups in total. The average Bonchev–Trinajstić information content (AvgIpc) is 2.73. The zero-order chi connectivity index (χ0) is 24.4. The molecule has 1 unspecified atom stereocenters. The summed E-state index contributed by atoms with van der Waals surface area (Å²) in [5, 5.41) is 12.6. The molecule has 0 saturated carbocycles. The molecule has 1 aromatic carbocycles. The van der Waals surface area contributed by atoms with Gasteiger partial charge in [0.05, 0.1) is 11.4 Å². The number of carbonyl (C=O) groups excluding carboxylic acids is 1. The Labute approximate surface area is 193 Å². The molecule has 0 aromatic heterocycles. The van der Waals surface area contributed by atoms with Crippen LogP contribution in [-0.2, 0) is 16.1 Å². The Balaban J connectivity index is 3.26. The highest BCUT2D eigenvalue weighted by atomic mass is 16.4. The van der Waals surface area contributed by atoms with Gasteiger partial charge in [-0.15, -0.1) is 0 Å². The lowest BCUT2D eigenvalue weighted by molar-refractivity contribution is -0.140. The van der Waals surface area contributed by atoms with Crippen LogP contribution in [0.4, 0.5) is 5.69 Å². The molecule has 0 spiro atoms. The van der Waals surface area contributed by atoms with Gasteiger partial charge in [0.15, 0.2) is 5.78 Å². The van der Waals surface area contributed by atoms with E-state index < -0.39 is 12.0 Å². The molecule has 0 saturated heterocycles. The molecule has 5 nitrogen and oxygen atoms in total. The standard InChI is InChI=1S/C27H40N2O3/c1-9-22(14-20(8)25(30)10-2)26(18(5)6)29-23-15-21(12-11-19(23)7)16-28-24(27(31)32)13-17(3)4/h9,11-12,14-15,17-18,24,28H,10,13,16H2,1-8H3,(H,31,32)/b20-14-,22-9+,29-26+. The van der Waals surface area contributed by atoms with Crippen LogP contribution in [0.15, 0.2) is 46.5 Å². The summed E-state index contributed by atoms with van der Waals surface area (Å²) in [6.45, 7) is 16.4. The normalized spacial score (nSPS) is 14.2. The van der Waals surface area contributed by atoms with Crippen molar-refractivity contribution in [2.75, 3.05) is 0 Å². The third-order valence-electron chi connectivity index (χ3n) is 5.36. The van der Waals surface area contributed by atoms with Crippen molar-refractivity contribution < 1.29 is 14.7 Å². The fourth-order valence-electron chi connectivity index (χ4n) is 3.42. The van der Waals surface area contributed by atoms with Gasteiger partial charge >= 0.3 is 5.97 Å². The first-order valence-electron chi connectivity index (χ1n) is 11.5. The first-order chi connectivity index (χ1) is 15.0. The summed E-state index contributed by atoms with van der Waals surface area (Å²) < 4.78 is 0. The number of carboxylic acids is 1. The number of hydrogen-bond acceptors (Lipinski definition) is 4. The Hall–Kier alpha value is -2.53. The third kappa shape index (κ3) is 8.54. The predicted octanol–water partition coefficient (Wildman–Crippen LogP) is 6.18. The molecule has 0 bridgehead atoms. The summed E-state index contributed by atoms with van der Waals surface area (Å²) in [6, 6.07) is 5.46. The number of hydrogen-bond donors (Lipinski definition) is 2. The molecular formula is C27H40N2O3. The molecule has 0 fully saturated rings. The lowest BCUT2D eigenvalue weighted by atomic mass is 9.96. The lowest BCUT2D eigenvalue weighted by Crippen LogP contribution is -2.37. The second-order valence-corrected chi connectivity index (χ2v) is 9.02. The molecular weight excluding hydrogens is 400 g/mol. The monoisotopic (exact) mass is 440 g/mol. The molecule has 0 radical (unpaired) electrons. The van der Waals surface area contributed by atoms with Gasteiger partial charge in [-0.25, -0.2) is 0 Å². The van der Waals surface area contributed by atoms with Crippen molar-refractivity contribution in [2.45, 2.75) is 80.8 Å². The highest BCUT2D eigenvalue weighted by molar-refractivity contribution is 6.07. The molecule has 0 aliphatic rings. The fraction of sp³-hybridized carbons (Fsp3) is 0.519. The number of ketones is 1. The van der Waals surface area contributed by atoms with E-state index >= 15 is 0 Å². The molecule has 32 heavy (non-hydrogen) atoms. The van der Waals surface area contributed by atoms with Crippen LogP contribution in [-0.4, -0.2) is 28.6 Å². The van der Waals surface area contributed by atoms with Gasteiger partial charge < -0.3 is 10.4 Å². The van der Waals surface area contributed by atoms with Crippen LogP contribution >= 0.6 is 0 Å². The molecule has 0 heterocycles. The minimum absolute atomic E-state index is 0.131. The Bertz CT molecular complexity index is 892. The smallest absolute Gasteiger partial charge is 0.320 e. The summed E-state index contributed by atoms with van der Waals surface area (Å²) in [5.41, 5.74) is 5.49. The minimum Gasteiger partial charge on any atom is -0.480 e. The maximum absolute atomic E-state index is 12.1. The van der Waals surface area contributed by atoms with E-state index in [0.717, 1.165) is 33.7 Å². The first kappa shape index (κ1) is 27.5. The topological polar surface area (TPSA) is 78.8 Å². The van der Waals surface area contributed by atoms with Crippen molar-refractivity contribution in [3.63, 3.8) is 0 Å². The van der Waals surface area contributed by atoms with Crippen LogP contribution in [0.3, 0.4) is 0 Å². The Morgan fingerprint density at radius 2 is 1.84 bits per heavy atom. The number of Topliss-reactive ketones (excluding diaryl/α,β-unsaturated/α-hetero) is 1. The van der Waals surface area contributed by atoms with Gasteiger partial charge in [-0.3, -0.25) is 14.6 Å². The fourth-order valence-corrected chi connectivity index (χ4v) is 3.42. The number of carboxylic acid groups (broad SMARTS) is 1. The van der Waals surface area contributed by atoms with Crippen LogP contribution in [0.25, 0.3) is 0 Å². The van der Waals surface area contributed by atoms with Crippen molar-refractivity contribution in [3.8, 4) is 0 Å². The number of aliphatic carboxylic acids is 1. The number of nitrogens with zero attached hydrogens (tertiary/aromatic N) is 1. The van der Waals surface area contributed by atoms with Crippen molar-refractivity contribution in [1.82, 2.24) is 5.32 Å². The summed E-state index contributed by atoms with van der Waals surface area (Å²) in [5.74, 6) is -0.227. The van der Waals surface area contributed by atoms with Crippen LogP contribution < -0.4 is 5.32 Å². The number of benzene rings is 1. The van der Waals surface area contributed by atoms with Gasteiger partial charge in [0.25, 0.3) is 0 Å². The first-order valence-corrected chi connectivity index (χ1v) is 11.5. The van der Waals surface area contributed by atoms with Gasteiger partial charge in [-0.2, -0.15) is 0 Å². The SMILES string of the molecule is C/C=C(\C=C(\C)C(=O)CC)C(=N/c1cc(CNC(CC(C)C)C(=O)O)ccc1C)/C(C)C. The van der Waals surface area contributed by atoms with Gasteiger partial charge in [-0.05, 0) is 73.4 Å². The van der Waals surface area contributed by atoms with E-state index in [-0.39, 0.29) is 11.7 Å². The zero-order valence-corrected chi connectivity index (χ0v) is 21.0. The zero-order valence-electron chi connectivity index (χ0n) is 21.0. The Morgan fingerprint density at radius 1 is 1.19 bits per heavy atom. The van der Waals surface area contributed by atoms with Crippen molar-refractivity contribution >= 4 is 23.2 Å². The van der Waals surface area contributed by atoms with E-state index in [0.29, 0.717) is 25.3 Å². The summed E-state index contributed by atoms with van der Waals surface area (Å²) in [6.07, 6.45) is 4.98. The van der Waals surface area contributed by atoms with Crippen LogP contribution in [0.5, 0.6) is 0 Å².